The monoisotopic (exact) mass is 436 g/mol. The highest BCUT2D eigenvalue weighted by atomic mass is 35.5. The number of hydrogen-bond donors (Lipinski definition) is 3. The minimum atomic E-state index is -0.143. The van der Waals surface area contributed by atoms with Crippen LogP contribution in [0.1, 0.15) is 29.5 Å². The molecule has 0 saturated heterocycles. The van der Waals surface area contributed by atoms with Crippen molar-refractivity contribution in [3.63, 3.8) is 0 Å². The van der Waals surface area contributed by atoms with Crippen LogP contribution in [0.3, 0.4) is 0 Å². The number of nitrogens with zero attached hydrogens (tertiary/aromatic N) is 3. The predicted octanol–water partition coefficient (Wildman–Crippen LogP) is 3.87. The largest absolute Gasteiger partial charge is 0.375 e. The molecule has 0 aliphatic heterocycles. The van der Waals surface area contributed by atoms with Crippen molar-refractivity contribution in [2.24, 2.45) is 5.73 Å². The second-order valence-electron chi connectivity index (χ2n) is 6.31. The second-order valence-corrected chi connectivity index (χ2v) is 6.31. The SMILES string of the molecule is CCCN(C)c1ccc(C(=O)Nc2ccc(-c3n[nH]c(CN)n3)cc2)cc1.Cl.Cl. The molecule has 0 atom stereocenters. The van der Waals surface area contributed by atoms with E-state index in [4.69, 9.17) is 5.73 Å². The van der Waals surface area contributed by atoms with Crippen molar-refractivity contribution in [2.45, 2.75) is 19.9 Å². The van der Waals surface area contributed by atoms with Crippen LogP contribution in [-0.4, -0.2) is 34.7 Å². The number of amides is 1. The third-order valence-corrected chi connectivity index (χ3v) is 4.26. The van der Waals surface area contributed by atoms with Gasteiger partial charge in [-0.1, -0.05) is 6.92 Å². The zero-order chi connectivity index (χ0) is 19.2. The molecule has 0 unspecified atom stereocenters. The summed E-state index contributed by atoms with van der Waals surface area (Å²) in [6.45, 7) is 3.44. The van der Waals surface area contributed by atoms with Crippen LogP contribution in [0.25, 0.3) is 11.4 Å². The molecule has 0 bridgehead atoms. The van der Waals surface area contributed by atoms with Gasteiger partial charge in [-0.15, -0.1) is 24.8 Å². The number of carbonyl (C=O) groups excluding carboxylic acids is 1. The van der Waals surface area contributed by atoms with Crippen molar-refractivity contribution in [3.05, 3.63) is 59.9 Å². The maximum absolute atomic E-state index is 12.4. The molecular weight excluding hydrogens is 411 g/mol. The number of aromatic nitrogens is 3. The van der Waals surface area contributed by atoms with Crippen molar-refractivity contribution in [1.82, 2.24) is 15.2 Å². The van der Waals surface area contributed by atoms with Gasteiger partial charge in [0.15, 0.2) is 5.82 Å². The average Bonchev–Trinajstić information content (AvgIpc) is 3.18. The minimum absolute atomic E-state index is 0. The lowest BCUT2D eigenvalue weighted by atomic mass is 10.1. The Morgan fingerprint density at radius 3 is 2.31 bits per heavy atom. The van der Waals surface area contributed by atoms with E-state index >= 15 is 0 Å². The summed E-state index contributed by atoms with van der Waals surface area (Å²) in [4.78, 5) is 18.9. The smallest absolute Gasteiger partial charge is 0.255 e. The maximum atomic E-state index is 12.4. The van der Waals surface area contributed by atoms with E-state index in [9.17, 15) is 4.79 Å². The first-order valence-corrected chi connectivity index (χ1v) is 8.95. The van der Waals surface area contributed by atoms with Crippen molar-refractivity contribution >= 4 is 42.1 Å². The van der Waals surface area contributed by atoms with E-state index < -0.39 is 0 Å². The molecule has 1 amide bonds. The highest BCUT2D eigenvalue weighted by Crippen LogP contribution is 2.19. The lowest BCUT2D eigenvalue weighted by Gasteiger charge is -2.18. The Morgan fingerprint density at radius 2 is 1.76 bits per heavy atom. The fraction of sp³-hybridized carbons (Fsp3) is 0.250. The normalized spacial score (nSPS) is 9.90. The number of benzene rings is 2. The Bertz CT molecular complexity index is 896. The first kappa shape index (κ1) is 24.4. The molecule has 156 valence electrons. The Hall–Kier alpha value is -2.61. The van der Waals surface area contributed by atoms with Crippen LogP contribution in [0.4, 0.5) is 11.4 Å². The number of halogens is 2. The fourth-order valence-electron chi connectivity index (χ4n) is 2.75. The molecule has 1 aromatic heterocycles. The first-order valence-electron chi connectivity index (χ1n) is 8.95. The van der Waals surface area contributed by atoms with Crippen LogP contribution in [0.5, 0.6) is 0 Å². The Labute approximate surface area is 182 Å². The van der Waals surface area contributed by atoms with Crippen LogP contribution in [-0.2, 0) is 6.54 Å². The second kappa shape index (κ2) is 11.4. The van der Waals surface area contributed by atoms with Crippen LogP contribution < -0.4 is 16.0 Å². The van der Waals surface area contributed by atoms with E-state index in [1.165, 1.54) is 0 Å². The van der Waals surface area contributed by atoms with Gasteiger partial charge in [0.25, 0.3) is 5.91 Å². The van der Waals surface area contributed by atoms with Crippen molar-refractivity contribution in [1.29, 1.82) is 0 Å². The quantitative estimate of drug-likeness (QED) is 0.521. The fourth-order valence-corrected chi connectivity index (χ4v) is 2.75. The van der Waals surface area contributed by atoms with E-state index in [1.54, 1.807) is 0 Å². The highest BCUT2D eigenvalue weighted by molar-refractivity contribution is 6.04. The van der Waals surface area contributed by atoms with E-state index in [0.717, 1.165) is 24.2 Å². The van der Waals surface area contributed by atoms with Gasteiger partial charge in [-0.25, -0.2) is 4.98 Å². The Morgan fingerprint density at radius 1 is 1.10 bits per heavy atom. The maximum Gasteiger partial charge on any atom is 0.255 e. The Balaban J connectivity index is 0.00000210. The van der Waals surface area contributed by atoms with Gasteiger partial charge in [-0.05, 0) is 55.0 Å². The molecule has 0 saturated carbocycles. The molecule has 3 rings (SSSR count). The van der Waals surface area contributed by atoms with Gasteiger partial charge < -0.3 is 16.0 Å². The molecule has 0 spiro atoms. The minimum Gasteiger partial charge on any atom is -0.375 e. The van der Waals surface area contributed by atoms with Gasteiger partial charge in [0.05, 0.1) is 6.54 Å². The van der Waals surface area contributed by atoms with E-state index in [2.05, 4.69) is 32.3 Å². The Kier molecular flexibility index (Phi) is 9.61. The topological polar surface area (TPSA) is 99.9 Å². The van der Waals surface area contributed by atoms with E-state index in [1.807, 2.05) is 55.6 Å². The van der Waals surface area contributed by atoms with E-state index in [0.29, 0.717) is 29.4 Å². The number of aromatic amines is 1. The summed E-state index contributed by atoms with van der Waals surface area (Å²) in [6.07, 6.45) is 1.08. The molecule has 29 heavy (non-hydrogen) atoms. The lowest BCUT2D eigenvalue weighted by Crippen LogP contribution is -2.18. The zero-order valence-electron chi connectivity index (χ0n) is 16.4. The summed E-state index contributed by atoms with van der Waals surface area (Å²) < 4.78 is 0. The third kappa shape index (κ3) is 6.19. The van der Waals surface area contributed by atoms with Gasteiger partial charge in [0.1, 0.15) is 5.82 Å². The van der Waals surface area contributed by atoms with Crippen LogP contribution in [0.2, 0.25) is 0 Å². The molecule has 2 aromatic carbocycles. The van der Waals surface area contributed by atoms with Gasteiger partial charge in [0.2, 0.25) is 0 Å². The number of carbonyl (C=O) groups is 1. The summed E-state index contributed by atoms with van der Waals surface area (Å²) in [5.41, 5.74) is 8.82. The van der Waals surface area contributed by atoms with Gasteiger partial charge in [-0.3, -0.25) is 9.89 Å². The molecule has 1 heterocycles. The van der Waals surface area contributed by atoms with Crippen LogP contribution >= 0.6 is 24.8 Å². The van der Waals surface area contributed by atoms with Crippen molar-refractivity contribution in [2.75, 3.05) is 23.8 Å². The number of anilines is 2. The summed E-state index contributed by atoms with van der Waals surface area (Å²) >= 11 is 0. The van der Waals surface area contributed by atoms with Gasteiger partial charge in [-0.2, -0.15) is 5.10 Å². The van der Waals surface area contributed by atoms with Crippen molar-refractivity contribution < 1.29 is 4.79 Å². The van der Waals surface area contributed by atoms with Crippen LogP contribution in [0, 0.1) is 0 Å². The summed E-state index contributed by atoms with van der Waals surface area (Å²) in [5, 5.41) is 9.81. The third-order valence-electron chi connectivity index (χ3n) is 4.26. The molecule has 0 aliphatic rings. The van der Waals surface area contributed by atoms with E-state index in [-0.39, 0.29) is 30.7 Å². The number of hydrogen-bond acceptors (Lipinski definition) is 5. The number of nitrogens with two attached hydrogens (primary N) is 1. The molecule has 4 N–H and O–H groups in total. The number of nitrogens with one attached hydrogen (secondary N) is 2. The summed E-state index contributed by atoms with van der Waals surface area (Å²) in [6, 6.07) is 15.0. The molecule has 0 radical (unpaired) electrons. The van der Waals surface area contributed by atoms with Crippen molar-refractivity contribution in [3.8, 4) is 11.4 Å². The molecule has 3 aromatic rings. The molecule has 0 fully saturated rings. The number of H-pyrrole nitrogens is 1. The molecule has 7 nitrogen and oxygen atoms in total. The average molecular weight is 437 g/mol. The van der Waals surface area contributed by atoms with Crippen LogP contribution in [0.15, 0.2) is 48.5 Å². The molecule has 0 aliphatic carbocycles. The molecular formula is C20H26Cl2N6O. The first-order chi connectivity index (χ1) is 13.1. The summed E-state index contributed by atoms with van der Waals surface area (Å²) in [5.74, 6) is 1.08. The van der Waals surface area contributed by atoms with Gasteiger partial charge in [0, 0.05) is 36.1 Å². The predicted molar refractivity (Wildman–Crippen MR) is 122 cm³/mol. The standard InChI is InChI=1S/C20H24N6O.2ClH/c1-3-12-26(2)17-10-6-15(7-11-17)20(27)22-16-8-4-14(5-9-16)19-23-18(13-21)24-25-19;;/h4-11H,3,12-13,21H2,1-2H3,(H,22,27)(H,23,24,25);2*1H. The number of rotatable bonds is 7. The molecule has 9 heteroatoms. The van der Waals surface area contributed by atoms with Gasteiger partial charge >= 0.3 is 0 Å². The summed E-state index contributed by atoms with van der Waals surface area (Å²) in [7, 11) is 2.05. The highest BCUT2D eigenvalue weighted by Gasteiger charge is 2.09. The zero-order valence-corrected chi connectivity index (χ0v) is 18.0. The lowest BCUT2D eigenvalue weighted by molar-refractivity contribution is 0.102.